The van der Waals surface area contributed by atoms with Crippen molar-refractivity contribution < 1.29 is 9.59 Å². The number of aryl methyl sites for hydroxylation is 1. The molecule has 0 aliphatic carbocycles. The van der Waals surface area contributed by atoms with E-state index in [1.165, 1.54) is 11.3 Å². The Hall–Kier alpha value is -3.06. The zero-order valence-electron chi connectivity index (χ0n) is 14.9. The van der Waals surface area contributed by atoms with Crippen LogP contribution in [0.3, 0.4) is 0 Å². The first-order valence-corrected chi connectivity index (χ1v) is 9.50. The largest absolute Gasteiger partial charge is 0.340 e. The number of carbonyl (C=O) groups excluding carboxylic acids is 2. The maximum atomic E-state index is 12.8. The van der Waals surface area contributed by atoms with Crippen LogP contribution in [-0.4, -0.2) is 28.1 Å². The Bertz CT molecular complexity index is 897. The van der Waals surface area contributed by atoms with Crippen LogP contribution in [0.1, 0.15) is 27.9 Å². The molecule has 1 aromatic heterocycles. The number of benzene rings is 2. The third-order valence-electron chi connectivity index (χ3n) is 3.94. The number of hydrogen-bond donors (Lipinski definition) is 2. The third kappa shape index (κ3) is 5.21. The van der Waals surface area contributed by atoms with Gasteiger partial charge in [-0.15, -0.1) is 10.2 Å². The molecule has 1 atom stereocenters. The van der Waals surface area contributed by atoms with Gasteiger partial charge in [0.15, 0.2) is 0 Å². The van der Waals surface area contributed by atoms with Gasteiger partial charge in [0.2, 0.25) is 11.0 Å². The second-order valence-corrected chi connectivity index (χ2v) is 6.99. The molecule has 0 radical (unpaired) electrons. The smallest absolute Gasteiger partial charge is 0.251 e. The molecule has 138 valence electrons. The second kappa shape index (κ2) is 9.05. The highest BCUT2D eigenvalue weighted by molar-refractivity contribution is 7.15. The minimum absolute atomic E-state index is 0.293. The first kappa shape index (κ1) is 18.7. The molecule has 2 amide bonds. The highest BCUT2D eigenvalue weighted by Gasteiger charge is 2.23. The Kier molecular flexibility index (Phi) is 6.27. The van der Waals surface area contributed by atoms with Crippen LogP contribution in [-0.2, 0) is 17.6 Å². The van der Waals surface area contributed by atoms with Crippen molar-refractivity contribution in [2.75, 3.05) is 5.32 Å². The molecule has 0 saturated heterocycles. The maximum Gasteiger partial charge on any atom is 0.251 e. The number of rotatable bonds is 7. The first-order valence-electron chi connectivity index (χ1n) is 8.68. The first-order chi connectivity index (χ1) is 13.2. The van der Waals surface area contributed by atoms with Gasteiger partial charge in [-0.05, 0) is 24.1 Å². The van der Waals surface area contributed by atoms with Gasteiger partial charge in [0, 0.05) is 12.0 Å². The number of nitrogens with zero attached hydrogens (tertiary/aromatic N) is 2. The van der Waals surface area contributed by atoms with E-state index < -0.39 is 6.04 Å². The average Bonchev–Trinajstić information content (AvgIpc) is 3.16. The fraction of sp³-hybridized carbons (Fsp3) is 0.200. The number of nitrogens with one attached hydrogen (secondary N) is 2. The molecule has 0 spiro atoms. The molecule has 0 saturated carbocycles. The molecule has 3 rings (SSSR count). The van der Waals surface area contributed by atoms with Gasteiger partial charge in [-0.3, -0.25) is 14.9 Å². The Balaban J connectivity index is 1.75. The molecule has 6 nitrogen and oxygen atoms in total. The summed E-state index contributed by atoms with van der Waals surface area (Å²) in [4.78, 5) is 25.3. The average molecular weight is 380 g/mol. The molecule has 0 bridgehead atoms. The van der Waals surface area contributed by atoms with Crippen molar-refractivity contribution in [3.63, 3.8) is 0 Å². The number of hydrogen-bond acceptors (Lipinski definition) is 5. The van der Waals surface area contributed by atoms with Gasteiger partial charge in [0.1, 0.15) is 11.0 Å². The number of anilines is 1. The van der Waals surface area contributed by atoms with Crippen LogP contribution in [0.2, 0.25) is 0 Å². The van der Waals surface area contributed by atoms with Crippen molar-refractivity contribution >= 4 is 28.3 Å². The third-order valence-corrected chi connectivity index (χ3v) is 4.92. The number of aromatic nitrogens is 2. The van der Waals surface area contributed by atoms with Crippen LogP contribution < -0.4 is 10.6 Å². The molecule has 0 fully saturated rings. The van der Waals surface area contributed by atoms with Gasteiger partial charge in [-0.1, -0.05) is 66.8 Å². The summed E-state index contributed by atoms with van der Waals surface area (Å²) in [5, 5.41) is 14.9. The summed E-state index contributed by atoms with van der Waals surface area (Å²) >= 11 is 1.33. The van der Waals surface area contributed by atoms with E-state index in [2.05, 4.69) is 20.8 Å². The van der Waals surface area contributed by atoms with Crippen LogP contribution in [0, 0.1) is 0 Å². The standard InChI is InChI=1S/C20H20N4O2S/c1-2-17-23-24-20(27-17)22-19(26)16(13-14-9-5-3-6-10-14)21-18(25)15-11-7-4-8-12-15/h3-12,16H,2,13H2,1H3,(H,21,25)(H,22,24,26)/t16-/m0/s1. The molecule has 7 heteroatoms. The van der Waals surface area contributed by atoms with Crippen LogP contribution >= 0.6 is 11.3 Å². The van der Waals surface area contributed by atoms with E-state index in [1.54, 1.807) is 24.3 Å². The van der Waals surface area contributed by atoms with Crippen molar-refractivity contribution in [3.05, 3.63) is 76.8 Å². The molecule has 27 heavy (non-hydrogen) atoms. The molecule has 2 N–H and O–H groups in total. The van der Waals surface area contributed by atoms with Gasteiger partial charge >= 0.3 is 0 Å². The van der Waals surface area contributed by atoms with E-state index in [1.807, 2.05) is 43.3 Å². The zero-order valence-corrected chi connectivity index (χ0v) is 15.7. The van der Waals surface area contributed by atoms with Crippen LogP contribution in [0.5, 0.6) is 0 Å². The van der Waals surface area contributed by atoms with E-state index in [0.29, 0.717) is 17.1 Å². The van der Waals surface area contributed by atoms with Crippen LogP contribution in [0.4, 0.5) is 5.13 Å². The molecule has 3 aromatic rings. The summed E-state index contributed by atoms with van der Waals surface area (Å²) in [5.74, 6) is -0.611. The maximum absolute atomic E-state index is 12.8. The van der Waals surface area contributed by atoms with E-state index >= 15 is 0 Å². The zero-order chi connectivity index (χ0) is 19.1. The molecular formula is C20H20N4O2S. The SMILES string of the molecule is CCc1nnc(NC(=O)[C@H](Cc2ccccc2)NC(=O)c2ccccc2)s1. The summed E-state index contributed by atoms with van der Waals surface area (Å²) in [6, 6.07) is 17.7. The minimum atomic E-state index is -0.728. The molecule has 2 aromatic carbocycles. The highest BCUT2D eigenvalue weighted by Crippen LogP contribution is 2.16. The lowest BCUT2D eigenvalue weighted by Crippen LogP contribution is -2.45. The van der Waals surface area contributed by atoms with Crippen molar-refractivity contribution in [2.45, 2.75) is 25.8 Å². The normalized spacial score (nSPS) is 11.6. The molecule has 0 unspecified atom stereocenters. The summed E-state index contributed by atoms with van der Waals surface area (Å²) < 4.78 is 0. The second-order valence-electron chi connectivity index (χ2n) is 5.93. The summed E-state index contributed by atoms with van der Waals surface area (Å²) in [5.41, 5.74) is 1.46. The predicted molar refractivity (Wildman–Crippen MR) is 106 cm³/mol. The lowest BCUT2D eigenvalue weighted by Gasteiger charge is -2.18. The van der Waals surface area contributed by atoms with Gasteiger partial charge in [-0.2, -0.15) is 0 Å². The van der Waals surface area contributed by atoms with E-state index in [0.717, 1.165) is 17.0 Å². The summed E-state index contributed by atoms with van der Waals surface area (Å²) in [6.07, 6.45) is 1.14. The number of carbonyl (C=O) groups is 2. The van der Waals surface area contributed by atoms with Crippen molar-refractivity contribution in [1.29, 1.82) is 0 Å². The van der Waals surface area contributed by atoms with Gasteiger partial charge in [0.25, 0.3) is 5.91 Å². The van der Waals surface area contributed by atoms with E-state index in [9.17, 15) is 9.59 Å². The predicted octanol–water partition coefficient (Wildman–Crippen LogP) is 3.08. The Morgan fingerprint density at radius 3 is 2.30 bits per heavy atom. The Morgan fingerprint density at radius 1 is 1.00 bits per heavy atom. The molecule has 0 aliphatic rings. The summed E-state index contributed by atoms with van der Waals surface area (Å²) in [7, 11) is 0. The van der Waals surface area contributed by atoms with Gasteiger partial charge < -0.3 is 5.32 Å². The van der Waals surface area contributed by atoms with Crippen molar-refractivity contribution in [3.8, 4) is 0 Å². The van der Waals surface area contributed by atoms with Crippen molar-refractivity contribution in [2.24, 2.45) is 0 Å². The van der Waals surface area contributed by atoms with Crippen LogP contribution in [0.25, 0.3) is 0 Å². The molecule has 1 heterocycles. The number of amides is 2. The lowest BCUT2D eigenvalue weighted by atomic mass is 10.0. The Labute approximate surface area is 161 Å². The van der Waals surface area contributed by atoms with E-state index in [-0.39, 0.29) is 11.8 Å². The molecule has 0 aliphatic heterocycles. The fourth-order valence-electron chi connectivity index (χ4n) is 2.53. The lowest BCUT2D eigenvalue weighted by molar-refractivity contribution is -0.118. The van der Waals surface area contributed by atoms with Crippen LogP contribution in [0.15, 0.2) is 60.7 Å². The van der Waals surface area contributed by atoms with Crippen molar-refractivity contribution in [1.82, 2.24) is 15.5 Å². The quantitative estimate of drug-likeness (QED) is 0.660. The van der Waals surface area contributed by atoms with E-state index in [4.69, 9.17) is 0 Å². The highest BCUT2D eigenvalue weighted by atomic mass is 32.1. The minimum Gasteiger partial charge on any atom is -0.340 e. The topological polar surface area (TPSA) is 84.0 Å². The summed E-state index contributed by atoms with van der Waals surface area (Å²) in [6.45, 7) is 1.98. The monoisotopic (exact) mass is 380 g/mol. The Morgan fingerprint density at radius 2 is 1.67 bits per heavy atom. The van der Waals surface area contributed by atoms with Gasteiger partial charge in [-0.25, -0.2) is 0 Å². The molecular weight excluding hydrogens is 360 g/mol. The fourth-order valence-corrected chi connectivity index (χ4v) is 3.21. The van der Waals surface area contributed by atoms with Gasteiger partial charge in [0.05, 0.1) is 0 Å².